The van der Waals surface area contributed by atoms with Gasteiger partial charge in [-0.05, 0) is 19.1 Å². The molecule has 0 bridgehead atoms. The number of anilines is 1. The molecule has 0 spiro atoms. The van der Waals surface area contributed by atoms with Crippen molar-refractivity contribution in [2.45, 2.75) is 13.0 Å². The lowest BCUT2D eigenvalue weighted by atomic mass is 10.1. The van der Waals surface area contributed by atoms with Crippen LogP contribution >= 0.6 is 0 Å². The minimum absolute atomic E-state index is 0.152. The Morgan fingerprint density at radius 2 is 2.00 bits per heavy atom. The normalized spacial score (nSPS) is 11.8. The van der Waals surface area contributed by atoms with Gasteiger partial charge in [-0.2, -0.15) is 0 Å². The number of nitro groups is 1. The van der Waals surface area contributed by atoms with Gasteiger partial charge in [0.25, 0.3) is 11.6 Å². The average Bonchev–Trinajstić information content (AvgIpc) is 2.36. The minimum atomic E-state index is -0.609. The Hall–Kier alpha value is -2.15. The maximum Gasteiger partial charge on any atom is 0.293 e. The largest absolute Gasteiger partial charge is 0.392 e. The number of likely N-dealkylation sites (N-methyl/N-ethyl adjacent to an activating group) is 1. The van der Waals surface area contributed by atoms with E-state index in [1.807, 2.05) is 0 Å². The third-order valence-electron chi connectivity index (χ3n) is 2.77. The van der Waals surface area contributed by atoms with E-state index in [0.717, 1.165) is 0 Å². The van der Waals surface area contributed by atoms with Crippen LogP contribution < -0.4 is 4.90 Å². The predicted octanol–water partition coefficient (Wildman–Crippen LogP) is 1.11. The maximum atomic E-state index is 11.8. The molecule has 1 aromatic carbocycles. The van der Waals surface area contributed by atoms with E-state index in [2.05, 4.69) is 0 Å². The van der Waals surface area contributed by atoms with E-state index in [-0.39, 0.29) is 23.7 Å². The van der Waals surface area contributed by atoms with E-state index >= 15 is 0 Å². The van der Waals surface area contributed by atoms with E-state index in [1.165, 1.54) is 17.0 Å². The van der Waals surface area contributed by atoms with Gasteiger partial charge in [0.05, 0.1) is 11.0 Å². The number of hydrogen-bond acceptors (Lipinski definition) is 5. The maximum absolute atomic E-state index is 11.8. The Bertz CT molecular complexity index is 514. The van der Waals surface area contributed by atoms with Crippen molar-refractivity contribution in [2.75, 3.05) is 32.6 Å². The molecule has 110 valence electrons. The summed E-state index contributed by atoms with van der Waals surface area (Å²) in [6.07, 6.45) is -0.609. The van der Waals surface area contributed by atoms with Crippen LogP contribution in [0.15, 0.2) is 18.2 Å². The molecule has 1 atom stereocenters. The van der Waals surface area contributed by atoms with E-state index < -0.39 is 11.0 Å². The number of nitrogens with zero attached hydrogens (tertiary/aromatic N) is 3. The van der Waals surface area contributed by atoms with Crippen molar-refractivity contribution in [2.24, 2.45) is 0 Å². The Kier molecular flexibility index (Phi) is 5.04. The van der Waals surface area contributed by atoms with Crippen LogP contribution in [0, 0.1) is 10.1 Å². The standard InChI is InChI=1S/C13H19N3O4/c1-9(17)8-15(4)11-6-5-10(13(18)14(2)3)7-12(11)16(19)20/h5-7,9,17H,8H2,1-4H3. The van der Waals surface area contributed by atoms with Gasteiger partial charge >= 0.3 is 0 Å². The van der Waals surface area contributed by atoms with Crippen LogP contribution in [0.3, 0.4) is 0 Å². The molecule has 0 saturated carbocycles. The number of hydrogen-bond donors (Lipinski definition) is 1. The third kappa shape index (κ3) is 3.67. The van der Waals surface area contributed by atoms with Crippen LogP contribution in [0.25, 0.3) is 0 Å². The highest BCUT2D eigenvalue weighted by atomic mass is 16.6. The molecule has 1 aromatic rings. The number of carbonyl (C=O) groups excluding carboxylic acids is 1. The monoisotopic (exact) mass is 281 g/mol. The molecule has 1 N–H and O–H groups in total. The number of aliphatic hydroxyl groups is 1. The number of amides is 1. The van der Waals surface area contributed by atoms with E-state index in [9.17, 15) is 20.0 Å². The summed E-state index contributed by atoms with van der Waals surface area (Å²) in [4.78, 5) is 25.4. The summed E-state index contributed by atoms with van der Waals surface area (Å²) in [5, 5.41) is 20.5. The zero-order valence-electron chi connectivity index (χ0n) is 12.0. The molecule has 1 unspecified atom stereocenters. The zero-order valence-corrected chi connectivity index (χ0v) is 12.0. The highest BCUT2D eigenvalue weighted by molar-refractivity contribution is 5.95. The Morgan fingerprint density at radius 3 is 2.45 bits per heavy atom. The second-order valence-electron chi connectivity index (χ2n) is 4.89. The molecule has 7 nitrogen and oxygen atoms in total. The molecule has 0 heterocycles. The molecule has 1 amide bonds. The van der Waals surface area contributed by atoms with Gasteiger partial charge in [0.15, 0.2) is 0 Å². The van der Waals surface area contributed by atoms with Crippen LogP contribution in [-0.4, -0.2) is 54.6 Å². The first kappa shape index (κ1) is 15.9. The summed E-state index contributed by atoms with van der Waals surface area (Å²) in [6.45, 7) is 1.87. The molecule has 20 heavy (non-hydrogen) atoms. The van der Waals surface area contributed by atoms with E-state index in [1.54, 1.807) is 39.0 Å². The molecule has 7 heteroatoms. The van der Waals surface area contributed by atoms with Crippen molar-refractivity contribution in [1.82, 2.24) is 4.90 Å². The lowest BCUT2D eigenvalue weighted by Crippen LogP contribution is -2.28. The summed E-state index contributed by atoms with van der Waals surface area (Å²) in [5.41, 5.74) is 0.475. The fourth-order valence-electron chi connectivity index (χ4n) is 1.88. The summed E-state index contributed by atoms with van der Waals surface area (Å²) < 4.78 is 0. The first-order chi connectivity index (χ1) is 9.23. The second-order valence-corrected chi connectivity index (χ2v) is 4.89. The molecule has 0 saturated heterocycles. The SMILES string of the molecule is CC(O)CN(C)c1ccc(C(=O)N(C)C)cc1[N+](=O)[O-]. The van der Waals surface area contributed by atoms with Gasteiger partial charge in [-0.15, -0.1) is 0 Å². The zero-order chi connectivity index (χ0) is 15.4. The van der Waals surface area contributed by atoms with Gasteiger partial charge in [0.2, 0.25) is 0 Å². The van der Waals surface area contributed by atoms with Gasteiger partial charge in [0, 0.05) is 39.3 Å². The molecule has 0 radical (unpaired) electrons. The molecule has 0 aliphatic heterocycles. The fraction of sp³-hybridized carbons (Fsp3) is 0.462. The molecule has 1 rings (SSSR count). The number of rotatable bonds is 5. The quantitative estimate of drug-likeness (QED) is 0.645. The number of aliphatic hydroxyl groups excluding tert-OH is 1. The average molecular weight is 281 g/mol. The van der Waals surface area contributed by atoms with Crippen LogP contribution in [0.1, 0.15) is 17.3 Å². The second kappa shape index (κ2) is 6.33. The Balaban J connectivity index is 3.21. The van der Waals surface area contributed by atoms with Gasteiger partial charge < -0.3 is 14.9 Å². The van der Waals surface area contributed by atoms with Crippen molar-refractivity contribution in [3.8, 4) is 0 Å². The van der Waals surface area contributed by atoms with E-state index in [0.29, 0.717) is 5.69 Å². The van der Waals surface area contributed by atoms with Gasteiger partial charge in [-0.1, -0.05) is 0 Å². The van der Waals surface area contributed by atoms with Crippen LogP contribution in [0.5, 0.6) is 0 Å². The highest BCUT2D eigenvalue weighted by Gasteiger charge is 2.21. The summed E-state index contributed by atoms with van der Waals surface area (Å²) in [5.74, 6) is -0.294. The number of benzene rings is 1. The van der Waals surface area contributed by atoms with Crippen LogP contribution in [0.4, 0.5) is 11.4 Å². The first-order valence-electron chi connectivity index (χ1n) is 6.13. The van der Waals surface area contributed by atoms with Gasteiger partial charge in [-0.3, -0.25) is 14.9 Å². The Labute approximate surface area is 117 Å². The van der Waals surface area contributed by atoms with Crippen molar-refractivity contribution >= 4 is 17.3 Å². The predicted molar refractivity (Wildman–Crippen MR) is 76.1 cm³/mol. The van der Waals surface area contributed by atoms with Crippen molar-refractivity contribution in [3.63, 3.8) is 0 Å². The fourth-order valence-corrected chi connectivity index (χ4v) is 1.88. The lowest BCUT2D eigenvalue weighted by Gasteiger charge is -2.21. The van der Waals surface area contributed by atoms with Crippen molar-refractivity contribution in [1.29, 1.82) is 0 Å². The van der Waals surface area contributed by atoms with Gasteiger partial charge in [0.1, 0.15) is 5.69 Å². The highest BCUT2D eigenvalue weighted by Crippen LogP contribution is 2.29. The smallest absolute Gasteiger partial charge is 0.293 e. The third-order valence-corrected chi connectivity index (χ3v) is 2.77. The molecule has 0 aromatic heterocycles. The number of carbonyl (C=O) groups is 1. The van der Waals surface area contributed by atoms with Crippen molar-refractivity contribution in [3.05, 3.63) is 33.9 Å². The van der Waals surface area contributed by atoms with Crippen LogP contribution in [-0.2, 0) is 0 Å². The molecule has 0 fully saturated rings. The van der Waals surface area contributed by atoms with E-state index in [4.69, 9.17) is 0 Å². The van der Waals surface area contributed by atoms with Crippen molar-refractivity contribution < 1.29 is 14.8 Å². The lowest BCUT2D eigenvalue weighted by molar-refractivity contribution is -0.384. The summed E-state index contributed by atoms with van der Waals surface area (Å²) in [6, 6.07) is 4.33. The van der Waals surface area contributed by atoms with Crippen LogP contribution in [0.2, 0.25) is 0 Å². The minimum Gasteiger partial charge on any atom is -0.392 e. The Morgan fingerprint density at radius 1 is 1.40 bits per heavy atom. The molecule has 0 aliphatic rings. The molecular formula is C13H19N3O4. The first-order valence-corrected chi connectivity index (χ1v) is 6.13. The topological polar surface area (TPSA) is 86.9 Å². The summed E-state index contributed by atoms with van der Waals surface area (Å²) >= 11 is 0. The molecular weight excluding hydrogens is 262 g/mol. The molecule has 0 aliphatic carbocycles. The van der Waals surface area contributed by atoms with Gasteiger partial charge in [-0.25, -0.2) is 0 Å². The number of nitro benzene ring substituents is 1. The summed E-state index contributed by atoms with van der Waals surface area (Å²) in [7, 11) is 4.83.